The van der Waals surface area contributed by atoms with E-state index in [2.05, 4.69) is 10.6 Å². The first-order chi connectivity index (χ1) is 8.98. The third-order valence-electron chi connectivity index (χ3n) is 3.39. The van der Waals surface area contributed by atoms with Gasteiger partial charge in [0.15, 0.2) is 0 Å². The molecule has 1 saturated heterocycles. The molecule has 3 N–H and O–H groups in total. The number of rotatable bonds is 7. The highest BCUT2D eigenvalue weighted by atomic mass is 16.5. The SMILES string of the molecule is CCCC(C)(NC(=O)NCCC1CCCO1)C(=O)O. The van der Waals surface area contributed by atoms with E-state index in [9.17, 15) is 9.59 Å². The Bertz CT molecular complexity index is 316. The third kappa shape index (κ3) is 5.06. The van der Waals surface area contributed by atoms with E-state index in [-0.39, 0.29) is 6.10 Å². The molecule has 6 heteroatoms. The fourth-order valence-corrected chi connectivity index (χ4v) is 2.24. The fourth-order valence-electron chi connectivity index (χ4n) is 2.24. The van der Waals surface area contributed by atoms with Crippen LogP contribution in [0.3, 0.4) is 0 Å². The number of nitrogens with one attached hydrogen (secondary N) is 2. The minimum Gasteiger partial charge on any atom is -0.480 e. The maximum atomic E-state index is 11.7. The van der Waals surface area contributed by atoms with Crippen molar-refractivity contribution < 1.29 is 19.4 Å². The highest BCUT2D eigenvalue weighted by Gasteiger charge is 2.33. The van der Waals surface area contributed by atoms with E-state index in [0.29, 0.717) is 19.4 Å². The number of carbonyl (C=O) groups excluding carboxylic acids is 1. The average Bonchev–Trinajstić information content (AvgIpc) is 2.82. The van der Waals surface area contributed by atoms with Gasteiger partial charge in [-0.3, -0.25) is 0 Å². The molecule has 0 radical (unpaired) electrons. The molecular weight excluding hydrogens is 248 g/mol. The van der Waals surface area contributed by atoms with Crippen LogP contribution in [0.2, 0.25) is 0 Å². The largest absolute Gasteiger partial charge is 0.480 e. The molecule has 0 bridgehead atoms. The fraction of sp³-hybridized carbons (Fsp3) is 0.846. The van der Waals surface area contributed by atoms with Crippen LogP contribution >= 0.6 is 0 Å². The molecule has 1 rings (SSSR count). The molecule has 2 amide bonds. The smallest absolute Gasteiger partial charge is 0.329 e. The maximum Gasteiger partial charge on any atom is 0.329 e. The van der Waals surface area contributed by atoms with Crippen LogP contribution in [0.25, 0.3) is 0 Å². The molecule has 2 atom stereocenters. The van der Waals surface area contributed by atoms with Gasteiger partial charge in [-0.15, -0.1) is 0 Å². The van der Waals surface area contributed by atoms with Gasteiger partial charge in [0.25, 0.3) is 0 Å². The van der Waals surface area contributed by atoms with E-state index in [1.807, 2.05) is 6.92 Å². The van der Waals surface area contributed by atoms with Gasteiger partial charge in [-0.2, -0.15) is 0 Å². The molecule has 19 heavy (non-hydrogen) atoms. The summed E-state index contributed by atoms with van der Waals surface area (Å²) in [6, 6.07) is -0.434. The van der Waals surface area contributed by atoms with E-state index in [4.69, 9.17) is 9.84 Å². The number of hydrogen-bond acceptors (Lipinski definition) is 3. The average molecular weight is 272 g/mol. The number of carboxylic acids is 1. The molecule has 0 saturated carbocycles. The first-order valence-electron chi connectivity index (χ1n) is 6.89. The molecule has 1 aliphatic rings. The van der Waals surface area contributed by atoms with Crippen LogP contribution in [0.15, 0.2) is 0 Å². The van der Waals surface area contributed by atoms with E-state index in [1.165, 1.54) is 6.92 Å². The lowest BCUT2D eigenvalue weighted by Crippen LogP contribution is -2.55. The van der Waals surface area contributed by atoms with Crippen LogP contribution in [0, 0.1) is 0 Å². The normalized spacial score (nSPS) is 21.7. The molecule has 1 heterocycles. The van der Waals surface area contributed by atoms with Gasteiger partial charge in [-0.1, -0.05) is 13.3 Å². The summed E-state index contributed by atoms with van der Waals surface area (Å²) in [6.45, 7) is 4.71. The minimum atomic E-state index is -1.21. The van der Waals surface area contributed by atoms with Gasteiger partial charge in [0.05, 0.1) is 6.10 Å². The zero-order chi connectivity index (χ0) is 14.3. The summed E-state index contributed by atoms with van der Waals surface area (Å²) in [5, 5.41) is 14.4. The lowest BCUT2D eigenvalue weighted by atomic mass is 9.97. The van der Waals surface area contributed by atoms with Gasteiger partial charge >= 0.3 is 12.0 Å². The Balaban J connectivity index is 2.29. The number of hydrogen-bond donors (Lipinski definition) is 3. The molecule has 1 aliphatic heterocycles. The van der Waals surface area contributed by atoms with Crippen molar-refractivity contribution >= 4 is 12.0 Å². The second kappa shape index (κ2) is 7.33. The van der Waals surface area contributed by atoms with Gasteiger partial charge in [-0.25, -0.2) is 9.59 Å². The first kappa shape index (κ1) is 15.8. The second-order valence-corrected chi connectivity index (χ2v) is 5.19. The number of carboxylic acid groups (broad SMARTS) is 1. The lowest BCUT2D eigenvalue weighted by Gasteiger charge is -2.26. The number of urea groups is 1. The molecule has 0 aromatic rings. The van der Waals surface area contributed by atoms with Crippen molar-refractivity contribution in [3.05, 3.63) is 0 Å². The molecular formula is C13H24N2O4. The molecule has 0 aliphatic carbocycles. The van der Waals surface area contributed by atoms with Crippen molar-refractivity contribution in [1.82, 2.24) is 10.6 Å². The molecule has 6 nitrogen and oxygen atoms in total. The molecule has 0 aromatic carbocycles. The van der Waals surface area contributed by atoms with Gasteiger partial charge in [0, 0.05) is 13.2 Å². The predicted molar refractivity (Wildman–Crippen MR) is 71.1 cm³/mol. The lowest BCUT2D eigenvalue weighted by molar-refractivity contribution is -0.144. The Hall–Kier alpha value is -1.30. The summed E-state index contributed by atoms with van der Waals surface area (Å²) in [7, 11) is 0. The van der Waals surface area contributed by atoms with Crippen molar-refractivity contribution in [2.75, 3.05) is 13.2 Å². The standard InChI is InChI=1S/C13H24N2O4/c1-3-7-13(2,11(16)17)15-12(18)14-8-6-10-5-4-9-19-10/h10H,3-9H2,1-2H3,(H,16,17)(H2,14,15,18). The summed E-state index contributed by atoms with van der Waals surface area (Å²) < 4.78 is 5.45. The Morgan fingerprint density at radius 3 is 2.74 bits per heavy atom. The van der Waals surface area contributed by atoms with Crippen LogP contribution in [0.4, 0.5) is 4.79 Å². The van der Waals surface area contributed by atoms with Gasteiger partial charge in [-0.05, 0) is 32.6 Å². The number of carbonyl (C=O) groups is 2. The zero-order valence-corrected chi connectivity index (χ0v) is 11.7. The summed E-state index contributed by atoms with van der Waals surface area (Å²) in [5.41, 5.74) is -1.21. The monoisotopic (exact) mass is 272 g/mol. The Labute approximate surface area is 113 Å². The van der Waals surface area contributed by atoms with Crippen LogP contribution in [0.5, 0.6) is 0 Å². The van der Waals surface area contributed by atoms with Crippen molar-refractivity contribution in [2.24, 2.45) is 0 Å². The minimum absolute atomic E-state index is 0.224. The van der Waals surface area contributed by atoms with Gasteiger partial charge in [0.2, 0.25) is 0 Å². The van der Waals surface area contributed by atoms with E-state index in [1.54, 1.807) is 0 Å². The second-order valence-electron chi connectivity index (χ2n) is 5.19. The number of aliphatic carboxylic acids is 1. The molecule has 1 fully saturated rings. The van der Waals surface area contributed by atoms with E-state index in [0.717, 1.165) is 25.9 Å². The van der Waals surface area contributed by atoms with E-state index < -0.39 is 17.5 Å². The van der Waals surface area contributed by atoms with Crippen LogP contribution < -0.4 is 10.6 Å². The third-order valence-corrected chi connectivity index (χ3v) is 3.39. The van der Waals surface area contributed by atoms with Crippen LogP contribution in [-0.2, 0) is 9.53 Å². The molecule has 0 spiro atoms. The summed E-state index contributed by atoms with van der Waals surface area (Å²) >= 11 is 0. The van der Waals surface area contributed by atoms with Gasteiger partial charge < -0.3 is 20.5 Å². The summed E-state index contributed by atoms with van der Waals surface area (Å²) in [5.74, 6) is -1.01. The van der Waals surface area contributed by atoms with Crippen molar-refractivity contribution in [3.8, 4) is 0 Å². The number of amides is 2. The predicted octanol–water partition coefficient (Wildman–Crippen LogP) is 1.50. The van der Waals surface area contributed by atoms with Crippen LogP contribution in [-0.4, -0.2) is 41.9 Å². The van der Waals surface area contributed by atoms with Crippen LogP contribution in [0.1, 0.15) is 46.0 Å². The maximum absolute atomic E-state index is 11.7. The quantitative estimate of drug-likeness (QED) is 0.655. The Kier molecular flexibility index (Phi) is 6.08. The summed E-state index contributed by atoms with van der Waals surface area (Å²) in [6.07, 6.45) is 4.20. The van der Waals surface area contributed by atoms with Crippen molar-refractivity contribution in [2.45, 2.75) is 57.6 Å². The highest BCUT2D eigenvalue weighted by molar-refractivity contribution is 5.85. The molecule has 110 valence electrons. The first-order valence-corrected chi connectivity index (χ1v) is 6.89. The topological polar surface area (TPSA) is 87.7 Å². The number of ether oxygens (including phenoxy) is 1. The molecule has 2 unspecified atom stereocenters. The van der Waals surface area contributed by atoms with Gasteiger partial charge in [0.1, 0.15) is 5.54 Å². The Morgan fingerprint density at radius 1 is 1.47 bits per heavy atom. The summed E-state index contributed by atoms with van der Waals surface area (Å²) in [4.78, 5) is 22.9. The molecule has 0 aromatic heterocycles. The van der Waals surface area contributed by atoms with E-state index >= 15 is 0 Å². The highest BCUT2D eigenvalue weighted by Crippen LogP contribution is 2.14. The zero-order valence-electron chi connectivity index (χ0n) is 11.7. The Morgan fingerprint density at radius 2 is 2.21 bits per heavy atom. The van der Waals surface area contributed by atoms with Crippen molar-refractivity contribution in [1.29, 1.82) is 0 Å². The van der Waals surface area contributed by atoms with Crippen molar-refractivity contribution in [3.63, 3.8) is 0 Å².